The molecule has 8 amide bonds. The molecule has 0 bridgehead atoms. The molecule has 742 valence electrons. The highest BCUT2D eigenvalue weighted by molar-refractivity contribution is 6.00. The predicted octanol–water partition coefficient (Wildman–Crippen LogP) is 13.0. The Kier molecular flexibility index (Phi) is 40.4. The first-order valence-corrected chi connectivity index (χ1v) is 48.3. The standard InChI is InChI=1S/C104H143N15O18/c1-17-35-82(112-99(131)134-63-81-79-43-21-19-41-77(79)78-42-20-22-44-80(78)81)96(128)107-47-30-27-36-68(53-67(6)120)93(125)111-84(55-73-61-119(101(133)137-104(13,14)15)87-46-26-24-40-76(73)87)88(121)56-69(37-28-31-48-108-98(130)135-102(7,8)9)95(127)113-91(66(4)5)90(123)57-70(38-29-34-51-117-62-74(114-115-117)59-85(109-64-105)97(129)116-49-32-18-33-50-116)94(126)110-83(52-65(2)3)89(122)58-71(92(124)106-16)54-72-60-118(100(132)136-103(10,11)12)86-45-25-23-39-75(72)86/h1,19-26,39-46,60-62,65-66,68-71,81-85,91,109H,18,27-38,47-59,63-64,105H2,2-16H3,(H,106,124)(H,107,128)(H,108,130)(H,110,126)(H,111,125)(H,112,131)(H,113,127). The molecule has 9 unspecified atom stereocenters. The first-order chi connectivity index (χ1) is 65.0. The number of rotatable bonds is 50. The molecule has 1 saturated heterocycles. The number of carbonyl (C=O) groups excluding carboxylic acids is 14. The first kappa shape index (κ1) is 108. The number of nitrogens with zero attached hydrogens (tertiary/aromatic N) is 6. The molecule has 10 N–H and O–H groups in total. The summed E-state index contributed by atoms with van der Waals surface area (Å²) in [4.78, 5) is 204. The Bertz CT molecular complexity index is 5360. The third kappa shape index (κ3) is 32.9. The van der Waals surface area contributed by atoms with Crippen molar-refractivity contribution in [1.82, 2.24) is 71.6 Å². The molecular formula is C104H143N15O18. The number of likely N-dealkylation sites (tertiary alicyclic amines) is 1. The molecule has 137 heavy (non-hydrogen) atoms. The van der Waals surface area contributed by atoms with Crippen molar-refractivity contribution in [2.45, 2.75) is 291 Å². The number of benzene rings is 4. The van der Waals surface area contributed by atoms with Crippen molar-refractivity contribution in [1.29, 1.82) is 0 Å². The number of para-hydroxylation sites is 2. The number of hydrogen-bond donors (Lipinski definition) is 9. The number of nitrogens with one attached hydrogen (secondary N) is 8. The zero-order valence-corrected chi connectivity index (χ0v) is 82.4. The van der Waals surface area contributed by atoms with Crippen molar-refractivity contribution < 1.29 is 86.1 Å². The number of ether oxygens (including phenoxy) is 4. The van der Waals surface area contributed by atoms with Crippen molar-refractivity contribution in [3.8, 4) is 23.5 Å². The molecule has 9 rings (SSSR count). The summed E-state index contributed by atoms with van der Waals surface area (Å²) in [6, 6.07) is 24.1. The van der Waals surface area contributed by atoms with Gasteiger partial charge in [-0.15, -0.1) is 17.4 Å². The van der Waals surface area contributed by atoms with E-state index in [1.807, 2.05) is 73.3 Å². The van der Waals surface area contributed by atoms with Crippen molar-refractivity contribution >= 4 is 105 Å². The lowest BCUT2D eigenvalue weighted by Gasteiger charge is -2.30. The van der Waals surface area contributed by atoms with Crippen LogP contribution < -0.4 is 48.3 Å². The Hall–Kier alpha value is -12.4. The van der Waals surface area contributed by atoms with Gasteiger partial charge in [0.15, 0.2) is 17.3 Å². The minimum Gasteiger partial charge on any atom is -0.449 e. The van der Waals surface area contributed by atoms with E-state index in [4.69, 9.17) is 31.1 Å². The molecule has 1 fully saturated rings. The molecule has 0 saturated carbocycles. The summed E-state index contributed by atoms with van der Waals surface area (Å²) in [5.41, 5.74) is 9.97. The largest absolute Gasteiger partial charge is 0.449 e. The fourth-order valence-electron chi connectivity index (χ4n) is 17.7. The topological polar surface area (TPSA) is 442 Å². The van der Waals surface area contributed by atoms with Gasteiger partial charge in [0.2, 0.25) is 35.4 Å². The van der Waals surface area contributed by atoms with Gasteiger partial charge in [0.1, 0.15) is 35.2 Å². The average molecular weight is 1890 g/mol. The van der Waals surface area contributed by atoms with E-state index in [9.17, 15) is 38.4 Å². The van der Waals surface area contributed by atoms with Crippen LogP contribution in [0.1, 0.15) is 246 Å². The monoisotopic (exact) mass is 1890 g/mol. The van der Waals surface area contributed by atoms with Crippen LogP contribution in [0.25, 0.3) is 32.9 Å². The number of unbranched alkanes of at least 4 members (excludes halogenated alkanes) is 3. The molecule has 1 aliphatic heterocycles. The number of nitrogens with two attached hydrogens (primary N) is 1. The molecule has 2 aliphatic rings. The summed E-state index contributed by atoms with van der Waals surface area (Å²) in [5, 5.41) is 33.0. The van der Waals surface area contributed by atoms with Gasteiger partial charge in [-0.3, -0.25) is 62.3 Å². The average Bonchev–Trinajstić information content (AvgIpc) is 1.61. The second-order valence-corrected chi connectivity index (χ2v) is 39.9. The van der Waals surface area contributed by atoms with E-state index < -0.39 is 161 Å². The quantitative estimate of drug-likeness (QED) is 0.00740. The Morgan fingerprint density at radius 1 is 0.511 bits per heavy atom. The van der Waals surface area contributed by atoms with Crippen molar-refractivity contribution in [2.24, 2.45) is 41.2 Å². The van der Waals surface area contributed by atoms with Crippen LogP contribution in [-0.4, -0.2) is 205 Å². The summed E-state index contributed by atoms with van der Waals surface area (Å²) in [7, 11) is 1.46. The maximum Gasteiger partial charge on any atom is 0.419 e. The van der Waals surface area contributed by atoms with Gasteiger partial charge in [-0.1, -0.05) is 137 Å². The van der Waals surface area contributed by atoms with Gasteiger partial charge in [0.05, 0.1) is 40.9 Å². The van der Waals surface area contributed by atoms with Crippen LogP contribution in [0.2, 0.25) is 0 Å². The van der Waals surface area contributed by atoms with E-state index in [1.54, 1.807) is 136 Å². The molecule has 33 nitrogen and oxygen atoms in total. The molecule has 3 aromatic heterocycles. The normalized spacial score (nSPS) is 14.8. The molecule has 0 spiro atoms. The molecule has 4 heterocycles. The highest BCUT2D eigenvalue weighted by Crippen LogP contribution is 2.45. The summed E-state index contributed by atoms with van der Waals surface area (Å²) in [5.74, 6) is -8.18. The number of aromatic nitrogens is 5. The van der Waals surface area contributed by atoms with Crippen LogP contribution >= 0.6 is 0 Å². The maximum atomic E-state index is 15.9. The van der Waals surface area contributed by atoms with Gasteiger partial charge in [-0.25, -0.2) is 19.2 Å². The number of aryl methyl sites for hydroxylation is 1. The lowest BCUT2D eigenvalue weighted by molar-refractivity contribution is -0.136. The highest BCUT2D eigenvalue weighted by Gasteiger charge is 2.39. The number of alkyl carbamates (subject to hydrolysis) is 2. The van der Waals surface area contributed by atoms with E-state index in [0.29, 0.717) is 71.1 Å². The number of ketones is 4. The fourth-order valence-corrected chi connectivity index (χ4v) is 17.7. The number of carbonyl (C=O) groups is 14. The van der Waals surface area contributed by atoms with E-state index in [2.05, 4.69) is 58.8 Å². The number of Topliss-reactive ketones (excluding diaryl/α,β-unsaturated/α-hetero) is 4. The number of fused-ring (bicyclic) bond motifs is 5. The van der Waals surface area contributed by atoms with Crippen LogP contribution in [0.15, 0.2) is 116 Å². The van der Waals surface area contributed by atoms with Crippen LogP contribution in [0, 0.1) is 47.9 Å². The molecule has 1 aliphatic carbocycles. The van der Waals surface area contributed by atoms with Crippen molar-refractivity contribution in [3.63, 3.8) is 0 Å². The Morgan fingerprint density at radius 3 is 1.54 bits per heavy atom. The number of piperidine rings is 1. The SMILES string of the molecule is C#CCC(NC(=O)OCC1c2ccccc2-c2ccccc21)C(=O)NCCCCC(CC(C)=O)C(=O)NC(Cc1cn(C(=O)OC(C)(C)C)c2ccccc12)C(=O)CC(CCCCNC(=O)OC(C)(C)C)C(=O)NC(C(=O)CC(CCCCn1cc(CC(NCN)C(=O)N2CCCCC2)nn1)C(=O)NC(CC(C)C)C(=O)CC(Cc1cn(C(=O)OC(C)(C)C)c2ccccc12)C(=O)NC)C(C)C. The first-order valence-electron chi connectivity index (χ1n) is 48.3. The van der Waals surface area contributed by atoms with Crippen molar-refractivity contribution in [3.05, 3.63) is 144 Å². The minimum absolute atomic E-state index is 0.000172. The zero-order valence-electron chi connectivity index (χ0n) is 82.4. The second kappa shape index (κ2) is 51.1. The van der Waals surface area contributed by atoms with Gasteiger partial charge in [0, 0.05) is 150 Å². The van der Waals surface area contributed by atoms with Gasteiger partial charge >= 0.3 is 24.4 Å². The van der Waals surface area contributed by atoms with E-state index in [0.717, 1.165) is 41.5 Å². The second-order valence-electron chi connectivity index (χ2n) is 39.9. The van der Waals surface area contributed by atoms with E-state index >= 15 is 28.8 Å². The van der Waals surface area contributed by atoms with Crippen LogP contribution in [0.5, 0.6) is 0 Å². The Morgan fingerprint density at radius 2 is 1.01 bits per heavy atom. The van der Waals surface area contributed by atoms with Gasteiger partial charge in [-0.05, 0) is 197 Å². The molecule has 0 radical (unpaired) electrons. The van der Waals surface area contributed by atoms with Gasteiger partial charge in [0.25, 0.3) is 0 Å². The van der Waals surface area contributed by atoms with Crippen LogP contribution in [0.3, 0.4) is 0 Å². The lowest BCUT2D eigenvalue weighted by Crippen LogP contribution is -2.50. The summed E-state index contributed by atoms with van der Waals surface area (Å²) < 4.78 is 27.2. The lowest BCUT2D eigenvalue weighted by atomic mass is 9.86. The van der Waals surface area contributed by atoms with Crippen molar-refractivity contribution in [2.75, 3.05) is 46.5 Å². The highest BCUT2D eigenvalue weighted by atomic mass is 16.6. The van der Waals surface area contributed by atoms with Crippen LogP contribution in [-0.2, 0) is 92.7 Å². The van der Waals surface area contributed by atoms with Gasteiger partial charge < -0.3 is 71.6 Å². The molecule has 7 aromatic rings. The smallest absolute Gasteiger partial charge is 0.419 e. The van der Waals surface area contributed by atoms with Gasteiger partial charge in [-0.2, -0.15) is 0 Å². The van der Waals surface area contributed by atoms with E-state index in [-0.39, 0.29) is 140 Å². The Labute approximate surface area is 804 Å². The fraction of sp³-hybridized carbons (Fsp3) is 0.558. The molecule has 33 heteroatoms. The number of amides is 8. The summed E-state index contributed by atoms with van der Waals surface area (Å²) >= 11 is 0. The third-order valence-electron chi connectivity index (χ3n) is 24.4. The summed E-state index contributed by atoms with van der Waals surface area (Å²) in [6.45, 7) is 25.9. The third-order valence-corrected chi connectivity index (χ3v) is 24.4. The van der Waals surface area contributed by atoms with Crippen LogP contribution in [0.4, 0.5) is 19.2 Å². The number of hydrogen-bond acceptors (Lipinski definition) is 22. The minimum atomic E-state index is -1.45. The molecular weight excluding hydrogens is 1750 g/mol. The Balaban J connectivity index is 0.968. The molecule has 9 atom stereocenters. The zero-order chi connectivity index (χ0) is 100. The van der Waals surface area contributed by atoms with E-state index in [1.165, 1.54) is 29.3 Å². The number of terminal acetylenes is 1. The summed E-state index contributed by atoms with van der Waals surface area (Å²) in [6.07, 6.45) is 10.9. The molecule has 4 aromatic carbocycles. The predicted molar refractivity (Wildman–Crippen MR) is 521 cm³/mol. The maximum absolute atomic E-state index is 15.9.